The summed E-state index contributed by atoms with van der Waals surface area (Å²) in [6, 6.07) is 12.7. The Hall–Kier alpha value is -1.12. The SMILES string of the molecule is Cc1ccc(C(O)C2CCCc3ccccc32)s1. The molecule has 18 heavy (non-hydrogen) atoms. The molecule has 0 saturated heterocycles. The van der Waals surface area contributed by atoms with Crippen LogP contribution in [0.15, 0.2) is 36.4 Å². The topological polar surface area (TPSA) is 20.2 Å². The van der Waals surface area contributed by atoms with Crippen molar-refractivity contribution < 1.29 is 5.11 Å². The Bertz CT molecular complexity index is 544. The fraction of sp³-hybridized carbons (Fsp3) is 0.375. The van der Waals surface area contributed by atoms with Gasteiger partial charge < -0.3 is 5.11 Å². The zero-order valence-corrected chi connectivity index (χ0v) is 11.4. The molecule has 2 unspecified atom stereocenters. The molecule has 1 aromatic heterocycles. The molecular formula is C16H18OS. The lowest BCUT2D eigenvalue weighted by molar-refractivity contribution is 0.139. The van der Waals surface area contributed by atoms with Crippen molar-refractivity contribution in [3.8, 4) is 0 Å². The first-order valence-corrected chi connectivity index (χ1v) is 7.39. The van der Waals surface area contributed by atoms with E-state index < -0.39 is 0 Å². The lowest BCUT2D eigenvalue weighted by Gasteiger charge is -2.29. The Morgan fingerprint density at radius 2 is 2.06 bits per heavy atom. The summed E-state index contributed by atoms with van der Waals surface area (Å²) in [5, 5.41) is 10.6. The summed E-state index contributed by atoms with van der Waals surface area (Å²) in [4.78, 5) is 2.38. The molecule has 2 aromatic rings. The van der Waals surface area contributed by atoms with Crippen molar-refractivity contribution in [1.29, 1.82) is 0 Å². The van der Waals surface area contributed by atoms with E-state index in [2.05, 4.69) is 43.3 Å². The van der Waals surface area contributed by atoms with Crippen molar-refractivity contribution in [1.82, 2.24) is 0 Å². The van der Waals surface area contributed by atoms with Crippen molar-refractivity contribution in [2.75, 3.05) is 0 Å². The third kappa shape index (κ3) is 2.11. The van der Waals surface area contributed by atoms with E-state index in [1.54, 1.807) is 11.3 Å². The van der Waals surface area contributed by atoms with Gasteiger partial charge in [-0.2, -0.15) is 0 Å². The second-order valence-corrected chi connectivity index (χ2v) is 6.41. The van der Waals surface area contributed by atoms with E-state index in [0.29, 0.717) is 0 Å². The summed E-state index contributed by atoms with van der Waals surface area (Å²) in [6.45, 7) is 2.09. The molecule has 0 saturated carbocycles. The van der Waals surface area contributed by atoms with Gasteiger partial charge in [-0.05, 0) is 49.4 Å². The molecule has 94 valence electrons. The number of hydrogen-bond acceptors (Lipinski definition) is 2. The van der Waals surface area contributed by atoms with Crippen LogP contribution in [-0.2, 0) is 6.42 Å². The van der Waals surface area contributed by atoms with Crippen LogP contribution in [0.25, 0.3) is 0 Å². The van der Waals surface area contributed by atoms with Crippen molar-refractivity contribution in [3.05, 3.63) is 57.3 Å². The maximum Gasteiger partial charge on any atom is 0.0950 e. The largest absolute Gasteiger partial charge is 0.387 e. The monoisotopic (exact) mass is 258 g/mol. The van der Waals surface area contributed by atoms with Crippen LogP contribution in [0, 0.1) is 6.92 Å². The zero-order chi connectivity index (χ0) is 12.5. The standard InChI is InChI=1S/C16H18OS/c1-11-9-10-15(18-11)16(17)14-8-4-6-12-5-2-3-7-13(12)14/h2-3,5,7,9-10,14,16-17H,4,6,8H2,1H3. The first-order chi connectivity index (χ1) is 8.75. The molecule has 0 aliphatic heterocycles. The van der Waals surface area contributed by atoms with E-state index >= 15 is 0 Å². The second kappa shape index (κ2) is 4.87. The molecule has 1 heterocycles. The molecule has 0 bridgehead atoms. The molecule has 0 radical (unpaired) electrons. The van der Waals surface area contributed by atoms with E-state index in [1.807, 2.05) is 0 Å². The number of aliphatic hydroxyl groups excluding tert-OH is 1. The van der Waals surface area contributed by atoms with Gasteiger partial charge >= 0.3 is 0 Å². The highest BCUT2D eigenvalue weighted by molar-refractivity contribution is 7.12. The van der Waals surface area contributed by atoms with Crippen LogP contribution < -0.4 is 0 Å². The Morgan fingerprint density at radius 3 is 2.83 bits per heavy atom. The minimum absolute atomic E-state index is 0.271. The summed E-state index contributed by atoms with van der Waals surface area (Å²) < 4.78 is 0. The first kappa shape index (κ1) is 11.9. The highest BCUT2D eigenvalue weighted by atomic mass is 32.1. The molecule has 1 N–H and O–H groups in total. The maximum absolute atomic E-state index is 10.6. The van der Waals surface area contributed by atoms with Crippen LogP contribution in [0.1, 0.15) is 45.7 Å². The van der Waals surface area contributed by atoms with Crippen LogP contribution in [0.2, 0.25) is 0 Å². The normalized spacial score (nSPS) is 20.4. The minimum Gasteiger partial charge on any atom is -0.387 e. The van der Waals surface area contributed by atoms with Gasteiger partial charge in [0, 0.05) is 15.7 Å². The molecular weight excluding hydrogens is 240 g/mol. The maximum atomic E-state index is 10.6. The van der Waals surface area contributed by atoms with Crippen molar-refractivity contribution in [3.63, 3.8) is 0 Å². The van der Waals surface area contributed by atoms with Gasteiger partial charge in [0.1, 0.15) is 0 Å². The number of rotatable bonds is 2. The molecule has 0 spiro atoms. The van der Waals surface area contributed by atoms with Crippen LogP contribution in [0.5, 0.6) is 0 Å². The Morgan fingerprint density at radius 1 is 1.22 bits per heavy atom. The number of aryl methyl sites for hydroxylation is 2. The first-order valence-electron chi connectivity index (χ1n) is 6.58. The van der Waals surface area contributed by atoms with E-state index in [-0.39, 0.29) is 12.0 Å². The van der Waals surface area contributed by atoms with Crippen LogP contribution in [-0.4, -0.2) is 5.11 Å². The van der Waals surface area contributed by atoms with Crippen molar-refractivity contribution in [2.24, 2.45) is 0 Å². The van der Waals surface area contributed by atoms with Gasteiger partial charge in [0.15, 0.2) is 0 Å². The van der Waals surface area contributed by atoms with Crippen molar-refractivity contribution in [2.45, 2.75) is 38.2 Å². The lowest BCUT2D eigenvalue weighted by atomic mass is 9.79. The predicted molar refractivity (Wildman–Crippen MR) is 76.1 cm³/mol. The van der Waals surface area contributed by atoms with E-state index in [4.69, 9.17) is 0 Å². The van der Waals surface area contributed by atoms with Crippen LogP contribution in [0.3, 0.4) is 0 Å². The Labute approximate surface area is 112 Å². The van der Waals surface area contributed by atoms with Gasteiger partial charge in [-0.25, -0.2) is 0 Å². The summed E-state index contributed by atoms with van der Waals surface area (Å²) in [5.74, 6) is 0.271. The van der Waals surface area contributed by atoms with E-state index in [9.17, 15) is 5.11 Å². The smallest absolute Gasteiger partial charge is 0.0950 e. The van der Waals surface area contributed by atoms with Gasteiger partial charge in [-0.1, -0.05) is 24.3 Å². The average molecular weight is 258 g/mol. The molecule has 0 amide bonds. The van der Waals surface area contributed by atoms with Crippen LogP contribution in [0.4, 0.5) is 0 Å². The number of fused-ring (bicyclic) bond motifs is 1. The highest BCUT2D eigenvalue weighted by Gasteiger charge is 2.28. The van der Waals surface area contributed by atoms with Crippen LogP contribution >= 0.6 is 11.3 Å². The predicted octanol–water partition coefficient (Wildman–Crippen LogP) is 4.21. The van der Waals surface area contributed by atoms with E-state index in [0.717, 1.165) is 17.7 Å². The van der Waals surface area contributed by atoms with Gasteiger partial charge in [0.2, 0.25) is 0 Å². The molecule has 1 aliphatic rings. The van der Waals surface area contributed by atoms with Gasteiger partial charge in [0.05, 0.1) is 6.10 Å². The Balaban J connectivity index is 1.94. The molecule has 3 rings (SSSR count). The van der Waals surface area contributed by atoms with Gasteiger partial charge in [0.25, 0.3) is 0 Å². The van der Waals surface area contributed by atoms with Gasteiger partial charge in [-0.3, -0.25) is 0 Å². The molecule has 0 fully saturated rings. The second-order valence-electron chi connectivity index (χ2n) is 5.09. The minimum atomic E-state index is -0.342. The summed E-state index contributed by atoms with van der Waals surface area (Å²) >= 11 is 1.71. The number of benzene rings is 1. The molecule has 2 atom stereocenters. The fourth-order valence-electron chi connectivity index (χ4n) is 2.93. The molecule has 1 aliphatic carbocycles. The zero-order valence-electron chi connectivity index (χ0n) is 10.6. The molecule has 2 heteroatoms. The summed E-state index contributed by atoms with van der Waals surface area (Å²) in [5.41, 5.74) is 2.77. The highest BCUT2D eigenvalue weighted by Crippen LogP contribution is 2.41. The number of hydrogen-bond donors (Lipinski definition) is 1. The molecule has 1 nitrogen and oxygen atoms in total. The van der Waals surface area contributed by atoms with E-state index in [1.165, 1.54) is 22.4 Å². The third-order valence-electron chi connectivity index (χ3n) is 3.85. The number of aliphatic hydroxyl groups is 1. The van der Waals surface area contributed by atoms with Crippen molar-refractivity contribution >= 4 is 11.3 Å². The average Bonchev–Trinajstić information content (AvgIpc) is 2.84. The summed E-state index contributed by atoms with van der Waals surface area (Å²) in [6.07, 6.45) is 3.09. The fourth-order valence-corrected chi connectivity index (χ4v) is 3.86. The Kier molecular flexibility index (Phi) is 3.23. The summed E-state index contributed by atoms with van der Waals surface area (Å²) in [7, 11) is 0. The quantitative estimate of drug-likeness (QED) is 0.855. The third-order valence-corrected chi connectivity index (χ3v) is 4.92. The molecule has 1 aromatic carbocycles. The number of thiophene rings is 1. The lowest BCUT2D eigenvalue weighted by Crippen LogP contribution is -2.16. The van der Waals surface area contributed by atoms with Gasteiger partial charge in [-0.15, -0.1) is 11.3 Å².